The molecule has 1 saturated heterocycles. The number of fused-ring (bicyclic) bond motifs is 2. The Morgan fingerprint density at radius 3 is 3.03 bits per heavy atom. The first-order valence-corrected chi connectivity index (χ1v) is 12.8. The van der Waals surface area contributed by atoms with Crippen molar-refractivity contribution in [3.05, 3.63) is 42.2 Å². The van der Waals surface area contributed by atoms with Gasteiger partial charge in [0.15, 0.2) is 11.6 Å². The normalized spacial score (nSPS) is 18.5. The smallest absolute Gasteiger partial charge is 0.159 e. The van der Waals surface area contributed by atoms with Gasteiger partial charge in [0.05, 0.1) is 59.4 Å². The Labute approximate surface area is 211 Å². The van der Waals surface area contributed by atoms with E-state index in [1.165, 1.54) is 0 Å². The minimum Gasteiger partial charge on any atom is -0.394 e. The molecule has 5 heterocycles. The Hall–Kier alpha value is -3.38. The number of H-pyrrole nitrogens is 1. The lowest BCUT2D eigenvalue weighted by molar-refractivity contribution is -0.0104. The van der Waals surface area contributed by atoms with Gasteiger partial charge < -0.3 is 29.0 Å². The number of benzene rings is 1. The maximum atomic E-state index is 9.67. The highest BCUT2D eigenvalue weighted by Gasteiger charge is 2.29. The number of aliphatic hydroxyl groups excluding tert-OH is 1. The van der Waals surface area contributed by atoms with E-state index in [1.807, 2.05) is 30.0 Å². The standard InChI is InChI=1S/C25H27N7O3S/c1-15-13-35-17(12-33)11-32(15)25-22-20(5-6-26-25)31(7-8-34-2)24(30-22)19-10-27-23(29-19)16-3-4-21-18(9-16)28-14-36-21/h3-6,9-10,14-15,17,33H,7-8,11-13H2,1-2H3,(H,27,29)/t15-,17?/m0/s1. The van der Waals surface area contributed by atoms with E-state index in [4.69, 9.17) is 19.4 Å². The lowest BCUT2D eigenvalue weighted by Gasteiger charge is -2.38. The average molecular weight is 506 g/mol. The number of nitrogens with one attached hydrogen (secondary N) is 1. The molecular weight excluding hydrogens is 478 g/mol. The van der Waals surface area contributed by atoms with E-state index in [0.717, 1.165) is 50.0 Å². The van der Waals surface area contributed by atoms with Crippen molar-refractivity contribution in [2.24, 2.45) is 0 Å². The fourth-order valence-corrected chi connectivity index (χ4v) is 5.33. The largest absolute Gasteiger partial charge is 0.394 e. The Morgan fingerprint density at radius 1 is 1.25 bits per heavy atom. The zero-order valence-electron chi connectivity index (χ0n) is 20.1. The first-order chi connectivity index (χ1) is 17.7. The van der Waals surface area contributed by atoms with Crippen molar-refractivity contribution in [1.29, 1.82) is 0 Å². The highest BCUT2D eigenvalue weighted by molar-refractivity contribution is 7.16. The molecular formula is C25H27N7O3S. The van der Waals surface area contributed by atoms with Crippen LogP contribution in [0.5, 0.6) is 0 Å². The quantitative estimate of drug-likeness (QED) is 0.346. The van der Waals surface area contributed by atoms with E-state index in [9.17, 15) is 5.11 Å². The molecule has 1 unspecified atom stereocenters. The number of morpholine rings is 1. The van der Waals surface area contributed by atoms with Crippen LogP contribution in [0, 0.1) is 0 Å². The summed E-state index contributed by atoms with van der Waals surface area (Å²) in [6.07, 6.45) is 3.37. The van der Waals surface area contributed by atoms with Gasteiger partial charge in [-0.05, 0) is 31.2 Å². The molecule has 11 heteroatoms. The Kier molecular flexibility index (Phi) is 6.13. The Morgan fingerprint density at radius 2 is 2.17 bits per heavy atom. The zero-order valence-corrected chi connectivity index (χ0v) is 20.9. The Bertz CT molecular complexity index is 1510. The number of aliphatic hydroxyl groups is 1. The first kappa shape index (κ1) is 23.0. The molecule has 5 aromatic rings. The molecule has 0 aliphatic carbocycles. The zero-order chi connectivity index (χ0) is 24.6. The summed E-state index contributed by atoms with van der Waals surface area (Å²) in [6, 6.07) is 8.25. The summed E-state index contributed by atoms with van der Waals surface area (Å²) in [4.78, 5) is 24.5. The SMILES string of the molecule is COCCn1c(-c2cnc(-c3ccc4scnc4c3)[nH]2)nc2c(N3CC(CO)OC[C@@H]3C)nccc21. The van der Waals surface area contributed by atoms with E-state index in [1.54, 1.807) is 18.4 Å². The van der Waals surface area contributed by atoms with Crippen LogP contribution in [0.25, 0.3) is 44.2 Å². The highest BCUT2D eigenvalue weighted by Crippen LogP contribution is 2.32. The van der Waals surface area contributed by atoms with E-state index in [2.05, 4.69) is 43.5 Å². The van der Waals surface area contributed by atoms with Gasteiger partial charge in [-0.25, -0.2) is 19.9 Å². The Balaban J connectivity index is 1.44. The van der Waals surface area contributed by atoms with Gasteiger partial charge in [0.1, 0.15) is 17.0 Å². The van der Waals surface area contributed by atoms with Crippen molar-refractivity contribution in [2.75, 3.05) is 38.4 Å². The fraction of sp³-hybridized carbons (Fsp3) is 0.360. The number of methoxy groups -OCH3 is 1. The van der Waals surface area contributed by atoms with Gasteiger partial charge in [0, 0.05) is 32.0 Å². The second kappa shape index (κ2) is 9.58. The number of thiazole rings is 1. The van der Waals surface area contributed by atoms with Crippen LogP contribution in [-0.2, 0) is 16.0 Å². The molecule has 36 heavy (non-hydrogen) atoms. The molecule has 6 rings (SSSR count). The number of aromatic amines is 1. The van der Waals surface area contributed by atoms with Crippen LogP contribution in [-0.4, -0.2) is 80.2 Å². The molecule has 186 valence electrons. The number of nitrogens with zero attached hydrogens (tertiary/aromatic N) is 6. The number of pyridine rings is 1. The molecule has 1 fully saturated rings. The summed E-state index contributed by atoms with van der Waals surface area (Å²) in [5.74, 6) is 2.31. The van der Waals surface area contributed by atoms with Crippen LogP contribution in [0.2, 0.25) is 0 Å². The predicted molar refractivity (Wildman–Crippen MR) is 139 cm³/mol. The lowest BCUT2D eigenvalue weighted by Crippen LogP contribution is -2.50. The van der Waals surface area contributed by atoms with Gasteiger partial charge in [-0.1, -0.05) is 0 Å². The molecule has 0 bridgehead atoms. The number of hydrogen-bond donors (Lipinski definition) is 2. The maximum Gasteiger partial charge on any atom is 0.159 e. The molecule has 10 nitrogen and oxygen atoms in total. The fourth-order valence-electron chi connectivity index (χ4n) is 4.67. The van der Waals surface area contributed by atoms with Crippen molar-refractivity contribution in [1.82, 2.24) is 29.5 Å². The first-order valence-electron chi connectivity index (χ1n) is 11.9. The molecule has 1 aromatic carbocycles. The summed E-state index contributed by atoms with van der Waals surface area (Å²) < 4.78 is 14.4. The molecule has 0 amide bonds. The molecule has 4 aromatic heterocycles. The third-order valence-electron chi connectivity index (χ3n) is 6.57. The predicted octanol–water partition coefficient (Wildman–Crippen LogP) is 3.33. The topological polar surface area (TPSA) is 114 Å². The van der Waals surface area contributed by atoms with Crippen molar-refractivity contribution in [3.8, 4) is 22.9 Å². The maximum absolute atomic E-state index is 9.67. The number of ether oxygens (including phenoxy) is 2. The van der Waals surface area contributed by atoms with Gasteiger partial charge in [-0.15, -0.1) is 11.3 Å². The van der Waals surface area contributed by atoms with Gasteiger partial charge in [-0.2, -0.15) is 0 Å². The number of aromatic nitrogens is 6. The molecule has 0 radical (unpaired) electrons. The van der Waals surface area contributed by atoms with Crippen LogP contribution < -0.4 is 4.90 Å². The lowest BCUT2D eigenvalue weighted by atomic mass is 10.2. The third-order valence-corrected chi connectivity index (χ3v) is 7.38. The summed E-state index contributed by atoms with van der Waals surface area (Å²) in [5, 5.41) is 9.67. The minimum atomic E-state index is -0.251. The highest BCUT2D eigenvalue weighted by atomic mass is 32.1. The molecule has 2 N–H and O–H groups in total. The van der Waals surface area contributed by atoms with Crippen LogP contribution in [0.1, 0.15) is 6.92 Å². The minimum absolute atomic E-state index is 0.0314. The van der Waals surface area contributed by atoms with E-state index >= 15 is 0 Å². The van der Waals surface area contributed by atoms with Crippen LogP contribution in [0.15, 0.2) is 42.2 Å². The van der Waals surface area contributed by atoms with Gasteiger partial charge in [0.2, 0.25) is 0 Å². The second-order valence-electron chi connectivity index (χ2n) is 8.90. The molecule has 0 spiro atoms. The number of imidazole rings is 2. The summed E-state index contributed by atoms with van der Waals surface area (Å²) in [6.45, 7) is 4.31. The summed E-state index contributed by atoms with van der Waals surface area (Å²) >= 11 is 1.62. The molecule has 0 saturated carbocycles. The van der Waals surface area contributed by atoms with E-state index in [0.29, 0.717) is 26.3 Å². The van der Waals surface area contributed by atoms with Gasteiger partial charge in [0.25, 0.3) is 0 Å². The third kappa shape index (κ3) is 4.03. The monoisotopic (exact) mass is 505 g/mol. The second-order valence-corrected chi connectivity index (χ2v) is 9.79. The number of rotatable bonds is 7. The summed E-state index contributed by atoms with van der Waals surface area (Å²) in [5.41, 5.74) is 6.35. The molecule has 2 atom stereocenters. The number of hydrogen-bond acceptors (Lipinski definition) is 9. The van der Waals surface area contributed by atoms with Crippen molar-refractivity contribution < 1.29 is 14.6 Å². The van der Waals surface area contributed by atoms with Crippen molar-refractivity contribution >= 4 is 38.4 Å². The van der Waals surface area contributed by atoms with Gasteiger partial charge >= 0.3 is 0 Å². The van der Waals surface area contributed by atoms with Crippen molar-refractivity contribution in [3.63, 3.8) is 0 Å². The van der Waals surface area contributed by atoms with Crippen LogP contribution in [0.4, 0.5) is 5.82 Å². The average Bonchev–Trinajstić information content (AvgIpc) is 3.65. The van der Waals surface area contributed by atoms with Crippen molar-refractivity contribution in [2.45, 2.75) is 25.6 Å². The molecule has 1 aliphatic heterocycles. The summed E-state index contributed by atoms with van der Waals surface area (Å²) in [7, 11) is 1.69. The number of anilines is 1. The van der Waals surface area contributed by atoms with E-state index < -0.39 is 0 Å². The van der Waals surface area contributed by atoms with Crippen LogP contribution in [0.3, 0.4) is 0 Å². The molecule has 1 aliphatic rings. The van der Waals surface area contributed by atoms with Gasteiger partial charge in [-0.3, -0.25) is 0 Å². The van der Waals surface area contributed by atoms with Crippen LogP contribution >= 0.6 is 11.3 Å². The van der Waals surface area contributed by atoms with E-state index in [-0.39, 0.29) is 18.8 Å².